The number of ether oxygens (including phenoxy) is 1. The summed E-state index contributed by atoms with van der Waals surface area (Å²) in [5.74, 6) is -0.396. The summed E-state index contributed by atoms with van der Waals surface area (Å²) < 4.78 is 18.9. The highest BCUT2D eigenvalue weighted by Gasteiger charge is 2.13. The number of rotatable bonds is 5. The van der Waals surface area contributed by atoms with Crippen molar-refractivity contribution in [1.29, 1.82) is 0 Å². The minimum absolute atomic E-state index is 0.0820. The molecule has 1 aliphatic heterocycles. The van der Waals surface area contributed by atoms with Crippen molar-refractivity contribution in [2.24, 2.45) is 0 Å². The second-order valence-electron chi connectivity index (χ2n) is 4.68. The average molecular weight is 298 g/mol. The van der Waals surface area contributed by atoms with Gasteiger partial charge in [-0.05, 0) is 17.7 Å². The molecule has 0 unspecified atom stereocenters. The summed E-state index contributed by atoms with van der Waals surface area (Å²) in [6.07, 6.45) is 0. The first kappa shape index (κ1) is 15.3. The van der Waals surface area contributed by atoms with Crippen molar-refractivity contribution in [3.05, 3.63) is 35.1 Å². The number of halogens is 1. The molecule has 0 radical (unpaired) electrons. The number of morpholine rings is 1. The first-order valence-electron chi connectivity index (χ1n) is 6.68. The molecule has 0 aromatic heterocycles. The number of amides is 1. The van der Waals surface area contributed by atoms with E-state index in [0.29, 0.717) is 12.3 Å². The summed E-state index contributed by atoms with van der Waals surface area (Å²) >= 11 is 4.13. The van der Waals surface area contributed by atoms with Crippen LogP contribution in [0.2, 0.25) is 0 Å². The lowest BCUT2D eigenvalue weighted by Crippen LogP contribution is -2.41. The fraction of sp³-hybridized carbons (Fsp3) is 0.500. The van der Waals surface area contributed by atoms with Gasteiger partial charge < -0.3 is 10.1 Å². The molecule has 1 amide bonds. The number of benzene rings is 1. The number of hydrogen-bond donors (Lipinski definition) is 2. The highest BCUT2D eigenvalue weighted by molar-refractivity contribution is 7.79. The van der Waals surface area contributed by atoms with Gasteiger partial charge in [-0.3, -0.25) is 9.69 Å². The van der Waals surface area contributed by atoms with Crippen LogP contribution in [-0.2, 0) is 10.5 Å². The van der Waals surface area contributed by atoms with Crippen molar-refractivity contribution in [2.75, 3.05) is 39.4 Å². The fourth-order valence-corrected chi connectivity index (χ4v) is 2.29. The number of thiol groups is 1. The minimum atomic E-state index is -0.501. The Kier molecular flexibility index (Phi) is 5.82. The molecule has 1 aromatic rings. The predicted molar refractivity (Wildman–Crippen MR) is 78.7 cm³/mol. The molecule has 0 bridgehead atoms. The van der Waals surface area contributed by atoms with Gasteiger partial charge in [-0.25, -0.2) is 4.39 Å². The molecule has 0 spiro atoms. The molecule has 1 saturated heterocycles. The topological polar surface area (TPSA) is 41.6 Å². The Morgan fingerprint density at radius 3 is 2.85 bits per heavy atom. The van der Waals surface area contributed by atoms with Crippen LogP contribution in [0.4, 0.5) is 4.39 Å². The largest absolute Gasteiger partial charge is 0.379 e. The second-order valence-corrected chi connectivity index (χ2v) is 5.00. The van der Waals surface area contributed by atoms with Crippen LogP contribution >= 0.6 is 12.6 Å². The SMILES string of the molecule is O=C(NCCN1CCOCC1)c1cc(CS)ccc1F. The standard InChI is InChI=1S/C14H19FN2O2S/c15-13-2-1-11(10-20)9-12(13)14(18)16-3-4-17-5-7-19-8-6-17/h1-2,9,20H,3-8,10H2,(H,16,18). The van der Waals surface area contributed by atoms with Gasteiger partial charge in [-0.15, -0.1) is 0 Å². The maximum atomic E-state index is 13.6. The Morgan fingerprint density at radius 1 is 1.40 bits per heavy atom. The van der Waals surface area contributed by atoms with Crippen LogP contribution in [0.15, 0.2) is 18.2 Å². The van der Waals surface area contributed by atoms with Crippen LogP contribution in [0.25, 0.3) is 0 Å². The summed E-state index contributed by atoms with van der Waals surface area (Å²) in [4.78, 5) is 14.2. The molecule has 20 heavy (non-hydrogen) atoms. The Labute approximate surface area is 123 Å². The Bertz CT molecular complexity index is 464. The van der Waals surface area contributed by atoms with Crippen LogP contribution < -0.4 is 5.32 Å². The Morgan fingerprint density at radius 2 is 2.15 bits per heavy atom. The minimum Gasteiger partial charge on any atom is -0.379 e. The number of carbonyl (C=O) groups excluding carboxylic acids is 1. The third-order valence-corrected chi connectivity index (χ3v) is 3.64. The maximum Gasteiger partial charge on any atom is 0.254 e. The lowest BCUT2D eigenvalue weighted by Gasteiger charge is -2.26. The molecule has 4 nitrogen and oxygen atoms in total. The first-order valence-corrected chi connectivity index (χ1v) is 7.31. The van der Waals surface area contributed by atoms with Gasteiger partial charge in [0.1, 0.15) is 5.82 Å². The van der Waals surface area contributed by atoms with Gasteiger partial charge in [0, 0.05) is 31.9 Å². The van der Waals surface area contributed by atoms with E-state index in [4.69, 9.17) is 4.74 Å². The van der Waals surface area contributed by atoms with Gasteiger partial charge in [0.2, 0.25) is 0 Å². The van der Waals surface area contributed by atoms with Crippen LogP contribution in [0.1, 0.15) is 15.9 Å². The smallest absolute Gasteiger partial charge is 0.254 e. The van der Waals surface area contributed by atoms with Crippen LogP contribution in [-0.4, -0.2) is 50.2 Å². The molecular formula is C14H19FN2O2S. The van der Waals surface area contributed by atoms with E-state index in [1.54, 1.807) is 12.1 Å². The van der Waals surface area contributed by atoms with Crippen molar-refractivity contribution in [3.63, 3.8) is 0 Å². The van der Waals surface area contributed by atoms with Crippen molar-refractivity contribution < 1.29 is 13.9 Å². The van der Waals surface area contributed by atoms with Crippen molar-refractivity contribution >= 4 is 18.5 Å². The van der Waals surface area contributed by atoms with Gasteiger partial charge in [-0.1, -0.05) is 6.07 Å². The van der Waals surface area contributed by atoms with Gasteiger partial charge >= 0.3 is 0 Å². The molecule has 1 N–H and O–H groups in total. The Balaban J connectivity index is 1.84. The van der Waals surface area contributed by atoms with Crippen LogP contribution in [0.3, 0.4) is 0 Å². The molecule has 2 rings (SSSR count). The van der Waals surface area contributed by atoms with E-state index >= 15 is 0 Å². The normalized spacial score (nSPS) is 16.1. The lowest BCUT2D eigenvalue weighted by atomic mass is 10.1. The molecule has 1 heterocycles. The summed E-state index contributed by atoms with van der Waals surface area (Å²) in [6, 6.07) is 4.49. The zero-order valence-electron chi connectivity index (χ0n) is 11.3. The monoisotopic (exact) mass is 298 g/mol. The number of nitrogens with one attached hydrogen (secondary N) is 1. The van der Waals surface area contributed by atoms with E-state index in [1.165, 1.54) is 6.07 Å². The molecular weight excluding hydrogens is 279 g/mol. The van der Waals surface area contributed by atoms with Gasteiger partial charge in [0.15, 0.2) is 0 Å². The molecule has 0 aliphatic carbocycles. The van der Waals surface area contributed by atoms with E-state index < -0.39 is 5.82 Å². The molecule has 1 fully saturated rings. The molecule has 1 aliphatic rings. The van der Waals surface area contributed by atoms with Crippen molar-refractivity contribution in [3.8, 4) is 0 Å². The number of nitrogens with zero attached hydrogens (tertiary/aromatic N) is 1. The van der Waals surface area contributed by atoms with E-state index in [0.717, 1.165) is 38.4 Å². The number of carbonyl (C=O) groups is 1. The van der Waals surface area contributed by atoms with Crippen LogP contribution in [0, 0.1) is 5.82 Å². The predicted octanol–water partition coefficient (Wildman–Crippen LogP) is 1.32. The highest BCUT2D eigenvalue weighted by atomic mass is 32.1. The summed E-state index contributed by atoms with van der Waals surface area (Å²) in [5, 5.41) is 2.75. The fourth-order valence-electron chi connectivity index (χ4n) is 2.09. The molecule has 6 heteroatoms. The highest BCUT2D eigenvalue weighted by Crippen LogP contribution is 2.12. The van der Waals surface area contributed by atoms with E-state index in [1.807, 2.05) is 0 Å². The lowest BCUT2D eigenvalue weighted by molar-refractivity contribution is 0.0383. The summed E-state index contributed by atoms with van der Waals surface area (Å²) in [5.41, 5.74) is 0.909. The van der Waals surface area contributed by atoms with Gasteiger partial charge in [-0.2, -0.15) is 12.6 Å². The van der Waals surface area contributed by atoms with E-state index in [2.05, 4.69) is 22.8 Å². The first-order chi connectivity index (χ1) is 9.70. The van der Waals surface area contributed by atoms with Gasteiger partial charge in [0.25, 0.3) is 5.91 Å². The van der Waals surface area contributed by atoms with Gasteiger partial charge in [0.05, 0.1) is 18.8 Å². The molecule has 0 atom stereocenters. The number of hydrogen-bond acceptors (Lipinski definition) is 4. The quantitative estimate of drug-likeness (QED) is 0.806. The third-order valence-electron chi connectivity index (χ3n) is 3.28. The van der Waals surface area contributed by atoms with Crippen molar-refractivity contribution in [2.45, 2.75) is 5.75 Å². The Hall–Kier alpha value is -1.11. The molecule has 110 valence electrons. The second kappa shape index (κ2) is 7.61. The average Bonchev–Trinajstić information content (AvgIpc) is 2.48. The van der Waals surface area contributed by atoms with Crippen molar-refractivity contribution in [1.82, 2.24) is 10.2 Å². The van der Waals surface area contributed by atoms with E-state index in [-0.39, 0.29) is 11.5 Å². The third kappa shape index (κ3) is 4.19. The molecule has 0 saturated carbocycles. The summed E-state index contributed by atoms with van der Waals surface area (Å²) in [7, 11) is 0. The van der Waals surface area contributed by atoms with E-state index in [9.17, 15) is 9.18 Å². The summed E-state index contributed by atoms with van der Waals surface area (Å²) in [6.45, 7) is 4.46. The maximum absolute atomic E-state index is 13.6. The molecule has 1 aromatic carbocycles. The van der Waals surface area contributed by atoms with Crippen LogP contribution in [0.5, 0.6) is 0 Å². The zero-order chi connectivity index (χ0) is 14.4. The zero-order valence-corrected chi connectivity index (χ0v) is 12.2.